The van der Waals surface area contributed by atoms with Crippen LogP contribution in [0.25, 0.3) is 0 Å². The average molecular weight is 1510 g/mol. The quantitative estimate of drug-likeness (QED) is 0.0153. The fourth-order valence-electron chi connectivity index (χ4n) is 12.7. The van der Waals surface area contributed by atoms with Gasteiger partial charge < -0.3 is 37.9 Å². The third-order valence-electron chi connectivity index (χ3n) is 19.4. The minimum Gasteiger partial charge on any atom is -0.494 e. The molecule has 7 aromatic rings. The summed E-state index contributed by atoms with van der Waals surface area (Å²) in [6, 6.07) is 47.8. The molecule has 14 nitrogen and oxygen atoms in total. The van der Waals surface area contributed by atoms with Crippen LogP contribution in [0.15, 0.2) is 168 Å². The van der Waals surface area contributed by atoms with Gasteiger partial charge in [-0.15, -0.1) is 11.3 Å². The second-order valence-electron chi connectivity index (χ2n) is 28.7. The molecule has 1 heterocycles. The number of unbranched alkanes of at least 4 members (excludes halogenated alkanes) is 36. The summed E-state index contributed by atoms with van der Waals surface area (Å²) in [5.41, 5.74) is 4.37. The van der Waals surface area contributed by atoms with Crippen molar-refractivity contribution in [2.24, 2.45) is 9.98 Å². The van der Waals surface area contributed by atoms with E-state index in [1.165, 1.54) is 180 Å². The summed E-state index contributed by atoms with van der Waals surface area (Å²) in [6.45, 7) is 8.03. The highest BCUT2D eigenvalue weighted by atomic mass is 32.1. The van der Waals surface area contributed by atoms with Crippen molar-refractivity contribution in [1.82, 2.24) is 0 Å². The molecule has 0 aliphatic carbocycles. The third kappa shape index (κ3) is 39.6. The lowest BCUT2D eigenvalue weighted by atomic mass is 10.1. The van der Waals surface area contributed by atoms with Gasteiger partial charge in [0.2, 0.25) is 0 Å². The normalized spacial score (nSPS) is 11.3. The van der Waals surface area contributed by atoms with Crippen LogP contribution in [-0.4, -0.2) is 75.9 Å². The summed E-state index contributed by atoms with van der Waals surface area (Å²) in [6.07, 6.45) is 51.7. The van der Waals surface area contributed by atoms with Crippen molar-refractivity contribution in [3.05, 3.63) is 190 Å². The van der Waals surface area contributed by atoms with Gasteiger partial charge in [0.15, 0.2) is 0 Å². The van der Waals surface area contributed by atoms with Crippen molar-refractivity contribution in [3.8, 4) is 34.5 Å². The number of carbonyl (C=O) groups is 4. The Balaban J connectivity index is 0.591. The first-order chi connectivity index (χ1) is 53.7. The van der Waals surface area contributed by atoms with Crippen LogP contribution in [0.5, 0.6) is 34.5 Å². The zero-order chi connectivity index (χ0) is 76.5. The smallest absolute Gasteiger partial charge is 0.348 e. The van der Waals surface area contributed by atoms with Gasteiger partial charge in [-0.05, 0) is 207 Å². The van der Waals surface area contributed by atoms with Gasteiger partial charge in [0, 0.05) is 12.4 Å². The Morgan fingerprint density at radius 3 is 0.752 bits per heavy atom. The summed E-state index contributed by atoms with van der Waals surface area (Å²) in [5.74, 6) is 2.54. The van der Waals surface area contributed by atoms with E-state index in [1.807, 2.05) is 109 Å². The Kier molecular flexibility index (Phi) is 45.5. The first kappa shape index (κ1) is 87.7. The Morgan fingerprint density at radius 2 is 0.486 bits per heavy atom. The summed E-state index contributed by atoms with van der Waals surface area (Å²) in [5, 5.41) is 0. The van der Waals surface area contributed by atoms with Crippen LogP contribution in [0.4, 0.5) is 11.4 Å². The van der Waals surface area contributed by atoms with Crippen molar-refractivity contribution in [2.75, 3.05) is 39.6 Å². The number of benzene rings is 6. The predicted octanol–water partition coefficient (Wildman–Crippen LogP) is 26.6. The topological polar surface area (TPSA) is 167 Å². The second kappa shape index (κ2) is 56.6. The molecule has 0 saturated carbocycles. The molecule has 0 aliphatic heterocycles. The predicted molar refractivity (Wildman–Crippen MR) is 446 cm³/mol. The van der Waals surface area contributed by atoms with Crippen molar-refractivity contribution >= 4 is 59.0 Å². The largest absolute Gasteiger partial charge is 0.494 e. The lowest BCUT2D eigenvalue weighted by Crippen LogP contribution is -2.08. The van der Waals surface area contributed by atoms with E-state index in [9.17, 15) is 19.2 Å². The minimum absolute atomic E-state index is 0.380. The van der Waals surface area contributed by atoms with E-state index in [2.05, 4.69) is 23.8 Å². The number of nitrogens with zero attached hydrogens (tertiary/aromatic N) is 2. The van der Waals surface area contributed by atoms with Gasteiger partial charge in [-0.3, -0.25) is 9.98 Å². The van der Waals surface area contributed by atoms with Gasteiger partial charge in [-0.1, -0.05) is 232 Å². The van der Waals surface area contributed by atoms with E-state index in [0.29, 0.717) is 72.0 Å². The molecule has 0 unspecified atom stereocenters. The van der Waals surface area contributed by atoms with Gasteiger partial charge in [0.25, 0.3) is 0 Å². The van der Waals surface area contributed by atoms with E-state index in [-0.39, 0.29) is 11.9 Å². The van der Waals surface area contributed by atoms with E-state index in [4.69, 9.17) is 37.9 Å². The van der Waals surface area contributed by atoms with Crippen LogP contribution >= 0.6 is 11.3 Å². The lowest BCUT2D eigenvalue weighted by Gasteiger charge is -2.08. The maximum atomic E-state index is 12.8. The van der Waals surface area contributed by atoms with Crippen LogP contribution < -0.4 is 28.4 Å². The number of carbonyl (C=O) groups excluding carboxylic acids is 4. The Hall–Kier alpha value is -8.56. The molecule has 0 saturated heterocycles. The molecule has 0 radical (unpaired) electrons. The summed E-state index contributed by atoms with van der Waals surface area (Å²) < 4.78 is 46.1. The zero-order valence-corrected chi connectivity index (χ0v) is 66.7. The summed E-state index contributed by atoms with van der Waals surface area (Å²) in [7, 11) is 0. The molecule has 0 aliphatic rings. The molecule has 7 rings (SSSR count). The average Bonchev–Trinajstić information content (AvgIpc) is 1.56. The number of hydrogen-bond donors (Lipinski definition) is 0. The number of hydrogen-bond acceptors (Lipinski definition) is 15. The molecule has 0 atom stereocenters. The van der Waals surface area contributed by atoms with Crippen LogP contribution in [0.3, 0.4) is 0 Å². The maximum absolute atomic E-state index is 12.8. The molecule has 0 bridgehead atoms. The lowest BCUT2D eigenvalue weighted by molar-refractivity contribution is 0.0496. The zero-order valence-electron chi connectivity index (χ0n) is 65.9. The Labute approximate surface area is 656 Å². The van der Waals surface area contributed by atoms with E-state index < -0.39 is 11.9 Å². The van der Waals surface area contributed by atoms with Crippen LogP contribution in [0.2, 0.25) is 0 Å². The van der Waals surface area contributed by atoms with Crippen LogP contribution in [0, 0.1) is 0 Å². The number of thiophene rings is 1. The van der Waals surface area contributed by atoms with Gasteiger partial charge in [-0.25, -0.2) is 19.2 Å². The Bertz CT molecular complexity index is 3350. The fraction of sp³-hybridized carbons (Fsp3) is 0.511. The molecule has 0 spiro atoms. The molecule has 109 heavy (non-hydrogen) atoms. The molecule has 0 fully saturated rings. The first-order valence-electron chi connectivity index (χ1n) is 41.8. The summed E-state index contributed by atoms with van der Waals surface area (Å²) >= 11 is 1.14. The molecular formula is C94H126N2O12S. The van der Waals surface area contributed by atoms with Crippen molar-refractivity contribution in [1.29, 1.82) is 0 Å². The number of ether oxygens (including phenoxy) is 8. The molecule has 590 valence electrons. The number of esters is 4. The van der Waals surface area contributed by atoms with E-state index >= 15 is 0 Å². The van der Waals surface area contributed by atoms with E-state index in [0.717, 1.165) is 134 Å². The maximum Gasteiger partial charge on any atom is 0.348 e. The molecular weight excluding hydrogens is 1380 g/mol. The highest BCUT2D eigenvalue weighted by Crippen LogP contribution is 2.26. The molecule has 0 N–H and O–H groups in total. The van der Waals surface area contributed by atoms with Crippen LogP contribution in [0.1, 0.15) is 322 Å². The fourth-order valence-corrected chi connectivity index (χ4v) is 13.5. The van der Waals surface area contributed by atoms with Crippen LogP contribution in [-0.2, 0) is 9.47 Å². The summed E-state index contributed by atoms with van der Waals surface area (Å²) in [4.78, 5) is 61.1. The monoisotopic (exact) mass is 1510 g/mol. The molecule has 15 heteroatoms. The first-order valence-corrected chi connectivity index (χ1v) is 42.6. The van der Waals surface area contributed by atoms with Crippen molar-refractivity contribution in [3.63, 3.8) is 0 Å². The number of rotatable bonds is 62. The second-order valence-corrected chi connectivity index (χ2v) is 29.8. The third-order valence-corrected chi connectivity index (χ3v) is 20.4. The molecule has 1 aromatic heterocycles. The van der Waals surface area contributed by atoms with Gasteiger partial charge in [0.05, 0.1) is 62.1 Å². The molecule has 6 aromatic carbocycles. The highest BCUT2D eigenvalue weighted by molar-refractivity contribution is 7.15. The van der Waals surface area contributed by atoms with Gasteiger partial charge in [0.1, 0.15) is 44.3 Å². The highest BCUT2D eigenvalue weighted by Gasteiger charge is 2.17. The van der Waals surface area contributed by atoms with E-state index in [1.54, 1.807) is 60.7 Å². The minimum atomic E-state index is -0.416. The van der Waals surface area contributed by atoms with Gasteiger partial charge >= 0.3 is 23.9 Å². The number of aliphatic imine (C=N–C) groups is 2. The van der Waals surface area contributed by atoms with Gasteiger partial charge in [-0.2, -0.15) is 0 Å². The van der Waals surface area contributed by atoms with Crippen molar-refractivity contribution < 1.29 is 57.1 Å². The standard InChI is InChI=1S/C94H126N2O12S/c1-3-5-7-9-11-13-19-25-33-39-71-103-85-59-47-79(48-60-85)91(97)107-87-63-51-81(52-64-87)95-75-77-43-55-83(56-44-77)101-69-37-31-27-21-15-17-23-29-35-41-73-105-93(99)89-67-68-90(109-89)94(100)106-74-42-36-30-24-18-16-22-28-32-38-70-102-84-57-45-78(46-58-84)76-96-82-53-65-88(66-54-82)108-92(98)80-49-61-86(62-50-80)104-72-40-34-26-20-14-12-10-8-6-4-2/h43-68,75-76H,3-42,69-74H2,1-2H3. The SMILES string of the molecule is CCCCCCCCCCCCOc1ccc(C(=O)Oc2ccc(N=Cc3ccc(OCCCCCCCCCCCCOC(=O)c4ccc(C(=O)OCCCCCCCCCCCCOc5ccc(C=Nc6ccc(OC(=O)c7ccc(OCCCCCCCCCCCC)cc7)cc6)cc5)s4)cc3)cc2)cc1. The van der Waals surface area contributed by atoms with Crippen molar-refractivity contribution in [2.45, 2.75) is 271 Å². The Morgan fingerprint density at radius 1 is 0.257 bits per heavy atom. The molecule has 0 amide bonds.